The zero-order chi connectivity index (χ0) is 20.4. The van der Waals surface area contributed by atoms with E-state index in [4.69, 9.17) is 0 Å². The molecule has 0 radical (unpaired) electrons. The van der Waals surface area contributed by atoms with Crippen molar-refractivity contribution in [1.82, 2.24) is 15.3 Å². The Morgan fingerprint density at radius 2 is 2.14 bits per heavy atom. The highest BCUT2D eigenvalue weighted by molar-refractivity contribution is 7.84. The van der Waals surface area contributed by atoms with E-state index in [1.807, 2.05) is 31.2 Å². The lowest BCUT2D eigenvalue weighted by atomic mass is 10.0. The summed E-state index contributed by atoms with van der Waals surface area (Å²) in [6, 6.07) is 9.88. The molecule has 0 aliphatic carbocycles. The summed E-state index contributed by atoms with van der Waals surface area (Å²) in [5.41, 5.74) is 5.08. The second-order valence-corrected chi connectivity index (χ2v) is 9.65. The fraction of sp³-hybridized carbons (Fsp3) is 0.286. The number of nitrogens with zero attached hydrogens (tertiary/aromatic N) is 2. The maximum absolute atomic E-state index is 12.6. The molecule has 3 heterocycles. The number of amides is 1. The van der Waals surface area contributed by atoms with Crippen LogP contribution in [0, 0.1) is 6.92 Å². The first-order chi connectivity index (χ1) is 14.0. The van der Waals surface area contributed by atoms with Crippen molar-refractivity contribution < 1.29 is 9.00 Å². The lowest BCUT2D eigenvalue weighted by Gasteiger charge is -2.10. The van der Waals surface area contributed by atoms with Crippen LogP contribution >= 0.6 is 11.3 Å². The first kappa shape index (κ1) is 19.7. The smallest absolute Gasteiger partial charge is 0.261 e. The number of benzene rings is 1. The predicted octanol–water partition coefficient (Wildman–Crippen LogP) is 3.29. The largest absolute Gasteiger partial charge is 0.357 e. The quantitative estimate of drug-likeness (QED) is 0.654. The van der Waals surface area contributed by atoms with E-state index in [1.165, 1.54) is 16.2 Å². The standard InChI is InChI=1S/C21H22N4O2S2/c1-13-9-14(17-5-7-23-21(22-2)25-17)3-4-15(13)11-24-20(26)19-10-16-12-29(27)8-6-18(16)28-19/h3-5,7,9-10H,6,8,11-12H2,1-2H3,(H,24,26)(H,22,23,25). The van der Waals surface area contributed by atoms with Gasteiger partial charge in [0.25, 0.3) is 5.91 Å². The third-order valence-electron chi connectivity index (χ3n) is 4.95. The molecule has 0 bridgehead atoms. The third kappa shape index (κ3) is 4.38. The first-order valence-corrected chi connectivity index (χ1v) is 11.7. The Bertz CT molecular complexity index is 1090. The van der Waals surface area contributed by atoms with Crippen LogP contribution in [0.4, 0.5) is 5.95 Å². The van der Waals surface area contributed by atoms with E-state index in [0.29, 0.717) is 28.9 Å². The molecular weight excluding hydrogens is 404 g/mol. The van der Waals surface area contributed by atoms with Gasteiger partial charge in [-0.15, -0.1) is 11.3 Å². The second-order valence-electron chi connectivity index (χ2n) is 6.94. The number of anilines is 1. The van der Waals surface area contributed by atoms with Gasteiger partial charge < -0.3 is 10.6 Å². The molecular formula is C21H22N4O2S2. The molecule has 1 aliphatic rings. The van der Waals surface area contributed by atoms with Gasteiger partial charge in [-0.1, -0.05) is 12.1 Å². The van der Waals surface area contributed by atoms with Crippen LogP contribution in [-0.2, 0) is 29.5 Å². The molecule has 150 valence electrons. The Morgan fingerprint density at radius 3 is 2.93 bits per heavy atom. The molecule has 1 unspecified atom stereocenters. The molecule has 1 amide bonds. The van der Waals surface area contributed by atoms with Crippen molar-refractivity contribution in [2.45, 2.75) is 25.6 Å². The SMILES string of the molecule is CNc1nccc(-c2ccc(CNC(=O)c3cc4c(s3)CCS(=O)C4)c(C)c2)n1. The highest BCUT2D eigenvalue weighted by Gasteiger charge is 2.20. The summed E-state index contributed by atoms with van der Waals surface area (Å²) in [4.78, 5) is 23.1. The third-order valence-corrected chi connectivity index (χ3v) is 7.48. The molecule has 6 nitrogen and oxygen atoms in total. The molecule has 8 heteroatoms. The monoisotopic (exact) mass is 426 g/mol. The Balaban J connectivity index is 1.44. The number of hydrogen-bond donors (Lipinski definition) is 2. The lowest BCUT2D eigenvalue weighted by Crippen LogP contribution is -2.22. The number of hydrogen-bond acceptors (Lipinski definition) is 6. The summed E-state index contributed by atoms with van der Waals surface area (Å²) in [6.07, 6.45) is 2.53. The molecule has 3 aromatic rings. The van der Waals surface area contributed by atoms with Crippen molar-refractivity contribution in [2.75, 3.05) is 18.1 Å². The van der Waals surface area contributed by atoms with Gasteiger partial charge in [0.2, 0.25) is 5.95 Å². The lowest BCUT2D eigenvalue weighted by molar-refractivity contribution is 0.0955. The topological polar surface area (TPSA) is 84.0 Å². The van der Waals surface area contributed by atoms with Crippen LogP contribution in [0.2, 0.25) is 0 Å². The molecule has 0 saturated heterocycles. The number of aromatic nitrogens is 2. The number of fused-ring (bicyclic) bond motifs is 1. The van der Waals surface area contributed by atoms with Gasteiger partial charge in [-0.3, -0.25) is 9.00 Å². The fourth-order valence-electron chi connectivity index (χ4n) is 3.32. The summed E-state index contributed by atoms with van der Waals surface area (Å²) in [5.74, 6) is 1.77. The molecule has 0 saturated carbocycles. The Kier molecular flexibility index (Phi) is 5.73. The predicted molar refractivity (Wildman–Crippen MR) is 118 cm³/mol. The van der Waals surface area contributed by atoms with Crippen molar-refractivity contribution in [3.05, 3.63) is 63.0 Å². The molecule has 1 aromatic carbocycles. The highest BCUT2D eigenvalue weighted by atomic mass is 32.2. The summed E-state index contributed by atoms with van der Waals surface area (Å²) in [7, 11) is 0.995. The van der Waals surface area contributed by atoms with Gasteiger partial charge in [-0.25, -0.2) is 9.97 Å². The number of carbonyl (C=O) groups excluding carboxylic acids is 1. The van der Waals surface area contributed by atoms with Crippen molar-refractivity contribution >= 4 is 34.0 Å². The fourth-order valence-corrected chi connectivity index (χ4v) is 5.82. The Hall–Kier alpha value is -2.58. The molecule has 1 atom stereocenters. The number of thiophene rings is 1. The van der Waals surface area contributed by atoms with E-state index in [1.54, 1.807) is 13.2 Å². The van der Waals surface area contributed by atoms with Gasteiger partial charge in [0.15, 0.2) is 0 Å². The van der Waals surface area contributed by atoms with Gasteiger partial charge in [0.05, 0.1) is 10.6 Å². The van der Waals surface area contributed by atoms with E-state index >= 15 is 0 Å². The first-order valence-electron chi connectivity index (χ1n) is 9.39. The van der Waals surface area contributed by atoms with Crippen LogP contribution in [0.5, 0.6) is 0 Å². The second kappa shape index (κ2) is 8.42. The van der Waals surface area contributed by atoms with Crippen LogP contribution in [0.15, 0.2) is 36.5 Å². The normalized spacial score (nSPS) is 15.6. The van der Waals surface area contributed by atoms with Gasteiger partial charge in [0.1, 0.15) is 0 Å². The van der Waals surface area contributed by atoms with Gasteiger partial charge in [0, 0.05) is 52.5 Å². The maximum atomic E-state index is 12.6. The molecule has 4 rings (SSSR count). The van der Waals surface area contributed by atoms with Crippen molar-refractivity contribution in [2.24, 2.45) is 0 Å². The zero-order valence-corrected chi connectivity index (χ0v) is 18.0. The highest BCUT2D eigenvalue weighted by Crippen LogP contribution is 2.28. The van der Waals surface area contributed by atoms with Crippen LogP contribution in [-0.4, -0.2) is 32.9 Å². The van der Waals surface area contributed by atoms with E-state index in [-0.39, 0.29) is 5.91 Å². The minimum Gasteiger partial charge on any atom is -0.357 e. The van der Waals surface area contributed by atoms with Crippen molar-refractivity contribution in [3.8, 4) is 11.3 Å². The van der Waals surface area contributed by atoms with Crippen molar-refractivity contribution in [3.63, 3.8) is 0 Å². The van der Waals surface area contributed by atoms with E-state index in [9.17, 15) is 9.00 Å². The summed E-state index contributed by atoms with van der Waals surface area (Å²) >= 11 is 1.52. The molecule has 0 fully saturated rings. The van der Waals surface area contributed by atoms with Gasteiger partial charge >= 0.3 is 0 Å². The van der Waals surface area contributed by atoms with E-state index in [0.717, 1.165) is 34.4 Å². The van der Waals surface area contributed by atoms with Gasteiger partial charge in [-0.2, -0.15) is 0 Å². The minimum absolute atomic E-state index is 0.0758. The van der Waals surface area contributed by atoms with E-state index < -0.39 is 10.8 Å². The molecule has 0 spiro atoms. The molecule has 2 aromatic heterocycles. The van der Waals surface area contributed by atoms with Crippen LogP contribution in [0.1, 0.15) is 31.2 Å². The summed E-state index contributed by atoms with van der Waals surface area (Å²) < 4.78 is 11.7. The molecule has 1 aliphatic heterocycles. The minimum atomic E-state index is -0.796. The molecule has 2 N–H and O–H groups in total. The molecule has 29 heavy (non-hydrogen) atoms. The maximum Gasteiger partial charge on any atom is 0.261 e. The number of carbonyl (C=O) groups is 1. The van der Waals surface area contributed by atoms with Crippen molar-refractivity contribution in [1.29, 1.82) is 0 Å². The van der Waals surface area contributed by atoms with Crippen LogP contribution in [0.25, 0.3) is 11.3 Å². The summed E-state index contributed by atoms with van der Waals surface area (Å²) in [6.45, 7) is 2.50. The summed E-state index contributed by atoms with van der Waals surface area (Å²) in [5, 5.41) is 5.96. The number of nitrogens with one attached hydrogen (secondary N) is 2. The van der Waals surface area contributed by atoms with Crippen LogP contribution in [0.3, 0.4) is 0 Å². The van der Waals surface area contributed by atoms with Gasteiger partial charge in [-0.05, 0) is 48.2 Å². The number of rotatable bonds is 5. The van der Waals surface area contributed by atoms with E-state index in [2.05, 4.69) is 26.7 Å². The Morgan fingerprint density at radius 1 is 1.28 bits per heavy atom. The Labute approximate surface area is 176 Å². The average molecular weight is 427 g/mol. The number of aryl methyl sites for hydroxylation is 2. The zero-order valence-electron chi connectivity index (χ0n) is 16.3. The average Bonchev–Trinajstić information content (AvgIpc) is 3.16. The van der Waals surface area contributed by atoms with Crippen LogP contribution < -0.4 is 10.6 Å².